The molecule has 8 N–H and O–H groups in total. The van der Waals surface area contributed by atoms with Gasteiger partial charge in [0.25, 0.3) is 11.9 Å². The minimum absolute atomic E-state index is 0.0805. The SMILES string of the molecule is CC(=O)O.CC(=O)O.NC(=O)NCCC[C@H](N)C(=O)N[C@@H]1C[C@H]2CO[C@@H](c3ccccc3)CN2C1. The number of nitrogens with zero attached hydrogens (tertiary/aromatic N) is 1. The number of carboxylic acids is 2. The number of urea groups is 1. The standard InChI is InChI=1S/C19H29N5O3.2C2H4O2/c20-16(7-4-8-22-19(21)26)18(25)23-14-9-15-12-27-17(11-24(15)10-14)13-5-2-1-3-6-13;2*1-2(3)4/h1-3,5-6,14-17H,4,7-12,20H2,(H,23,25)(H3,21,22,26);2*1H3,(H,3,4)/t14-,15+,16+,17-;;/m1../s1. The summed E-state index contributed by atoms with van der Waals surface area (Å²) in [5.74, 6) is -1.81. The molecule has 12 nitrogen and oxygen atoms in total. The number of nitrogens with two attached hydrogens (primary N) is 2. The number of morpholine rings is 1. The van der Waals surface area contributed by atoms with Crippen LogP contribution in [0.4, 0.5) is 4.79 Å². The van der Waals surface area contributed by atoms with Crippen LogP contribution in [0.2, 0.25) is 0 Å². The Bertz CT molecular complexity index is 804. The van der Waals surface area contributed by atoms with Gasteiger partial charge in [0.05, 0.1) is 18.8 Å². The Morgan fingerprint density at radius 3 is 2.29 bits per heavy atom. The molecular formula is C23H37N5O7. The zero-order valence-electron chi connectivity index (χ0n) is 20.2. The number of hydrogen-bond acceptors (Lipinski definition) is 7. The van der Waals surface area contributed by atoms with Crippen molar-refractivity contribution in [3.8, 4) is 0 Å². The van der Waals surface area contributed by atoms with Crippen LogP contribution in [-0.4, -0.2) is 83.4 Å². The summed E-state index contributed by atoms with van der Waals surface area (Å²) in [5.41, 5.74) is 12.2. The van der Waals surface area contributed by atoms with Gasteiger partial charge in [-0.2, -0.15) is 0 Å². The molecular weight excluding hydrogens is 458 g/mol. The minimum atomic E-state index is -0.833. The minimum Gasteiger partial charge on any atom is -0.481 e. The number of carboxylic acid groups (broad SMARTS) is 2. The quantitative estimate of drug-likeness (QED) is 0.288. The third-order valence-corrected chi connectivity index (χ3v) is 5.26. The number of ether oxygens (including phenoxy) is 1. The second-order valence-electron chi connectivity index (χ2n) is 8.36. The van der Waals surface area contributed by atoms with Crippen LogP contribution in [0.5, 0.6) is 0 Å². The lowest BCUT2D eigenvalue weighted by Crippen LogP contribution is -2.47. The van der Waals surface area contributed by atoms with Gasteiger partial charge in [0.1, 0.15) is 0 Å². The van der Waals surface area contributed by atoms with E-state index in [0.717, 1.165) is 33.4 Å². The lowest BCUT2D eigenvalue weighted by molar-refractivity contribution is -0.135. The summed E-state index contributed by atoms with van der Waals surface area (Å²) in [6, 6.07) is 9.53. The van der Waals surface area contributed by atoms with Crippen LogP contribution in [0.1, 0.15) is 44.8 Å². The van der Waals surface area contributed by atoms with Gasteiger partial charge in [-0.1, -0.05) is 30.3 Å². The third kappa shape index (κ3) is 12.7. The number of rotatable bonds is 7. The van der Waals surface area contributed by atoms with Crippen molar-refractivity contribution in [1.82, 2.24) is 15.5 Å². The van der Waals surface area contributed by atoms with E-state index >= 15 is 0 Å². The maximum atomic E-state index is 12.3. The van der Waals surface area contributed by atoms with E-state index < -0.39 is 24.0 Å². The lowest BCUT2D eigenvalue weighted by Gasteiger charge is -2.35. The summed E-state index contributed by atoms with van der Waals surface area (Å²) in [6.45, 7) is 4.93. The van der Waals surface area contributed by atoms with Crippen LogP contribution in [0.25, 0.3) is 0 Å². The number of fused-ring (bicyclic) bond motifs is 1. The summed E-state index contributed by atoms with van der Waals surface area (Å²) >= 11 is 0. The summed E-state index contributed by atoms with van der Waals surface area (Å²) < 4.78 is 6.04. The zero-order valence-corrected chi connectivity index (χ0v) is 20.2. The average Bonchev–Trinajstić information content (AvgIpc) is 3.17. The van der Waals surface area contributed by atoms with E-state index in [1.165, 1.54) is 5.56 Å². The predicted molar refractivity (Wildman–Crippen MR) is 128 cm³/mol. The first-order valence-corrected chi connectivity index (χ1v) is 11.4. The Morgan fingerprint density at radius 2 is 1.71 bits per heavy atom. The molecule has 0 bridgehead atoms. The molecule has 2 aliphatic rings. The molecule has 1 aromatic carbocycles. The van der Waals surface area contributed by atoms with Crippen molar-refractivity contribution >= 4 is 23.9 Å². The smallest absolute Gasteiger partial charge is 0.312 e. The van der Waals surface area contributed by atoms with Gasteiger partial charge in [0.2, 0.25) is 5.91 Å². The number of hydrogen-bond donors (Lipinski definition) is 6. The maximum absolute atomic E-state index is 12.3. The fourth-order valence-electron chi connectivity index (χ4n) is 3.82. The molecule has 0 aliphatic carbocycles. The first-order chi connectivity index (χ1) is 16.5. The van der Waals surface area contributed by atoms with Crippen LogP contribution in [0.3, 0.4) is 0 Å². The second kappa shape index (κ2) is 15.6. The van der Waals surface area contributed by atoms with E-state index in [0.29, 0.717) is 32.0 Å². The first-order valence-electron chi connectivity index (χ1n) is 11.4. The molecule has 2 saturated heterocycles. The molecule has 3 amide bonds. The van der Waals surface area contributed by atoms with Crippen LogP contribution >= 0.6 is 0 Å². The molecule has 4 atom stereocenters. The molecule has 2 fully saturated rings. The molecule has 0 spiro atoms. The largest absolute Gasteiger partial charge is 0.481 e. The van der Waals surface area contributed by atoms with Gasteiger partial charge >= 0.3 is 6.03 Å². The molecule has 0 saturated carbocycles. The van der Waals surface area contributed by atoms with E-state index in [1.807, 2.05) is 18.2 Å². The molecule has 3 rings (SSSR count). The Balaban J connectivity index is 0.000000668. The summed E-state index contributed by atoms with van der Waals surface area (Å²) in [7, 11) is 0. The number of carbonyl (C=O) groups excluding carboxylic acids is 2. The maximum Gasteiger partial charge on any atom is 0.312 e. The lowest BCUT2D eigenvalue weighted by atomic mass is 10.1. The Hall–Kier alpha value is -3.22. The molecule has 12 heteroatoms. The van der Waals surface area contributed by atoms with Gasteiger partial charge in [0.15, 0.2) is 0 Å². The van der Waals surface area contributed by atoms with Crippen LogP contribution in [0.15, 0.2) is 30.3 Å². The fourth-order valence-corrected chi connectivity index (χ4v) is 3.82. The topological polar surface area (TPSA) is 197 Å². The summed E-state index contributed by atoms with van der Waals surface area (Å²) in [6.07, 6.45) is 2.08. The highest BCUT2D eigenvalue weighted by atomic mass is 16.5. The average molecular weight is 496 g/mol. The Labute approximate surface area is 205 Å². The Morgan fingerprint density at radius 1 is 1.11 bits per heavy atom. The van der Waals surface area contributed by atoms with Crippen molar-refractivity contribution in [2.24, 2.45) is 11.5 Å². The van der Waals surface area contributed by atoms with Crippen LogP contribution in [0, 0.1) is 0 Å². The highest BCUT2D eigenvalue weighted by Gasteiger charge is 2.38. The number of aliphatic carboxylic acids is 2. The monoisotopic (exact) mass is 495 g/mol. The van der Waals surface area contributed by atoms with Crippen molar-refractivity contribution in [3.05, 3.63) is 35.9 Å². The van der Waals surface area contributed by atoms with E-state index in [4.69, 9.17) is 36.0 Å². The molecule has 196 valence electrons. The normalized spacial score (nSPS) is 21.6. The van der Waals surface area contributed by atoms with E-state index in [2.05, 4.69) is 27.7 Å². The van der Waals surface area contributed by atoms with Crippen LogP contribution in [-0.2, 0) is 19.1 Å². The van der Waals surface area contributed by atoms with Crippen molar-refractivity contribution in [3.63, 3.8) is 0 Å². The van der Waals surface area contributed by atoms with Crippen molar-refractivity contribution in [2.45, 2.75) is 57.3 Å². The van der Waals surface area contributed by atoms with Gasteiger partial charge in [-0.05, 0) is 24.8 Å². The number of carbonyl (C=O) groups is 4. The van der Waals surface area contributed by atoms with Crippen molar-refractivity contribution in [1.29, 1.82) is 0 Å². The van der Waals surface area contributed by atoms with Gasteiger partial charge < -0.3 is 37.1 Å². The van der Waals surface area contributed by atoms with Crippen molar-refractivity contribution in [2.75, 3.05) is 26.2 Å². The first kappa shape index (κ1) is 29.8. The summed E-state index contributed by atoms with van der Waals surface area (Å²) in [4.78, 5) is 43.3. The van der Waals surface area contributed by atoms with Gasteiger partial charge in [-0.3, -0.25) is 19.3 Å². The molecule has 35 heavy (non-hydrogen) atoms. The Kier molecular flexibility index (Phi) is 13.3. The zero-order chi connectivity index (χ0) is 26.4. The van der Waals surface area contributed by atoms with Gasteiger partial charge in [0, 0.05) is 45.6 Å². The van der Waals surface area contributed by atoms with E-state index in [1.54, 1.807) is 0 Å². The molecule has 2 aliphatic heterocycles. The second-order valence-corrected chi connectivity index (χ2v) is 8.36. The van der Waals surface area contributed by atoms with Crippen molar-refractivity contribution < 1.29 is 34.1 Å². The van der Waals surface area contributed by atoms with Gasteiger partial charge in [-0.15, -0.1) is 0 Å². The fraction of sp³-hybridized carbons (Fsp3) is 0.565. The summed E-state index contributed by atoms with van der Waals surface area (Å²) in [5, 5.41) is 20.4. The van der Waals surface area contributed by atoms with Gasteiger partial charge in [-0.25, -0.2) is 4.79 Å². The number of benzene rings is 1. The van der Waals surface area contributed by atoms with E-state index in [9.17, 15) is 9.59 Å². The molecule has 0 aromatic heterocycles. The molecule has 0 radical (unpaired) electrons. The number of nitrogens with one attached hydrogen (secondary N) is 2. The predicted octanol–water partition coefficient (Wildman–Crippen LogP) is 0.275. The molecule has 0 unspecified atom stereocenters. The van der Waals surface area contributed by atoms with E-state index in [-0.39, 0.29) is 18.1 Å². The third-order valence-electron chi connectivity index (χ3n) is 5.26. The molecule has 2 heterocycles. The van der Waals surface area contributed by atoms with Crippen LogP contribution < -0.4 is 22.1 Å². The number of amides is 3. The number of primary amides is 1. The highest BCUT2D eigenvalue weighted by Crippen LogP contribution is 2.30. The highest BCUT2D eigenvalue weighted by molar-refractivity contribution is 5.81. The molecule has 1 aromatic rings.